The van der Waals surface area contributed by atoms with Crippen molar-refractivity contribution in [3.63, 3.8) is 0 Å². The van der Waals surface area contributed by atoms with E-state index in [4.69, 9.17) is 12.9 Å². The van der Waals surface area contributed by atoms with Crippen LogP contribution in [0, 0.1) is 27.7 Å². The number of aryl methyl sites for hydroxylation is 4. The predicted octanol–water partition coefficient (Wildman–Crippen LogP) is 15.8. The number of rotatable bonds is 11. The number of hydrazine groups is 1. The average Bonchev–Trinajstić information content (AvgIpc) is 2.89. The molecule has 4 atom stereocenters. The minimum atomic E-state index is -2.30. The summed E-state index contributed by atoms with van der Waals surface area (Å²) < 4.78 is 22.0. The molecule has 4 amide bonds. The Kier molecular flexibility index (Phi) is 15.0. The molecule has 8 aromatic rings. The van der Waals surface area contributed by atoms with Gasteiger partial charge in [0, 0.05) is 51.2 Å². The highest BCUT2D eigenvalue weighted by atomic mass is 31.1. The molecule has 406 valence electrons. The van der Waals surface area contributed by atoms with Crippen LogP contribution in [-0.2, 0) is 20.4 Å². The summed E-state index contributed by atoms with van der Waals surface area (Å²) in [7, 11) is -4.23. The van der Waals surface area contributed by atoms with Crippen LogP contribution in [0.1, 0.15) is 168 Å². The highest BCUT2D eigenvalue weighted by molar-refractivity contribution is 7.66. The fourth-order valence-electron chi connectivity index (χ4n) is 11.2. The highest BCUT2D eigenvalue weighted by Crippen LogP contribution is 2.71. The molecule has 11 nitrogen and oxygen atoms in total. The van der Waals surface area contributed by atoms with Gasteiger partial charge in [-0.3, -0.25) is 19.2 Å². The van der Waals surface area contributed by atoms with Gasteiger partial charge in [0.05, 0.1) is 12.1 Å². The van der Waals surface area contributed by atoms with E-state index in [9.17, 15) is 9.59 Å². The van der Waals surface area contributed by atoms with Gasteiger partial charge in [-0.15, -0.1) is 0 Å². The van der Waals surface area contributed by atoms with Crippen molar-refractivity contribution < 1.29 is 32.1 Å². The van der Waals surface area contributed by atoms with E-state index < -0.39 is 27.7 Å². The lowest BCUT2D eigenvalue weighted by Gasteiger charge is -2.38. The van der Waals surface area contributed by atoms with Crippen LogP contribution in [0.25, 0.3) is 21.9 Å². The van der Waals surface area contributed by atoms with Gasteiger partial charge in [-0.05, 0) is 123 Å². The van der Waals surface area contributed by atoms with E-state index in [0.29, 0.717) is 44.5 Å². The normalized spacial score (nSPS) is 16.7. The molecule has 0 radical (unpaired) electrons. The van der Waals surface area contributed by atoms with Crippen molar-refractivity contribution in [2.45, 2.75) is 130 Å². The maximum atomic E-state index is 15.0. The minimum Gasteiger partial charge on any atom is -0.390 e. The lowest BCUT2D eigenvalue weighted by molar-refractivity contribution is -0.171. The molecule has 2 aliphatic heterocycles. The third kappa shape index (κ3) is 10.4. The minimum absolute atomic E-state index is 0.0359. The molecule has 0 saturated carbocycles. The fraction of sp³-hybridized carbons (Fsp3) is 0.303. The topological polar surface area (TPSA) is 134 Å². The summed E-state index contributed by atoms with van der Waals surface area (Å²) in [5.74, 6) is -2.63. The molecule has 0 bridgehead atoms. The first-order chi connectivity index (χ1) is 37.6. The largest absolute Gasteiger partial charge is 0.453 e. The van der Waals surface area contributed by atoms with Crippen LogP contribution in [0.4, 0.5) is 0 Å². The van der Waals surface area contributed by atoms with Gasteiger partial charge < -0.3 is 23.6 Å². The Morgan fingerprint density at radius 2 is 0.937 bits per heavy atom. The Hall–Kier alpha value is -7.45. The molecule has 2 saturated heterocycles. The van der Waals surface area contributed by atoms with Crippen LogP contribution in [0.2, 0.25) is 0 Å². The third-order valence-electron chi connectivity index (χ3n) is 15.7. The number of carbonyl (C=O) groups excluding carboxylic acids is 4. The molecule has 1 aromatic heterocycles. The number of para-hydroxylation sites is 1. The average molecular weight is 1090 g/mol. The Labute approximate surface area is 466 Å². The van der Waals surface area contributed by atoms with Gasteiger partial charge in [0.1, 0.15) is 28.5 Å². The second-order valence-electron chi connectivity index (χ2n) is 23.1. The van der Waals surface area contributed by atoms with E-state index in [1.807, 2.05) is 135 Å². The standard InChI is InChI=1S/C66H70N4O7P2/c1-39-37-51(65(7,8)9)59-57(41(39)3)58-42(4)40(2)38-52(66(10,11)12)60(58)77-79(76-59)75-53-33-23-24-34-54(53)78-63(49-31-21-19-29-47(49)61(73)67-43(5)45-25-15-13-16-26-45)69-55(71)35-36-56(72)70(69)64(78)50-32-22-20-30-48(50)62(74)68-44(6)46-27-17-14-18-28-46/h13-34,37-38,43-44,63-64H,35-36H2,1-12H3,(H,67,73)(H,68,74)/t43-,44-,63+,64+/m0/s1. The Balaban J connectivity index is 1.23. The Morgan fingerprint density at radius 3 is 1.35 bits per heavy atom. The van der Waals surface area contributed by atoms with Crippen LogP contribution in [0.5, 0.6) is 5.75 Å². The summed E-state index contributed by atoms with van der Waals surface area (Å²) in [5.41, 5.74) is 10.8. The predicted molar refractivity (Wildman–Crippen MR) is 318 cm³/mol. The molecule has 10 rings (SSSR count). The summed E-state index contributed by atoms with van der Waals surface area (Å²) in [4.78, 5) is 59.9. The van der Waals surface area contributed by atoms with Crippen molar-refractivity contribution in [2.24, 2.45) is 0 Å². The zero-order chi connectivity index (χ0) is 56.2. The quantitative estimate of drug-likeness (QED) is 0.123. The first-order valence-corrected chi connectivity index (χ1v) is 29.8. The van der Waals surface area contributed by atoms with Crippen LogP contribution < -0.4 is 20.5 Å². The molecule has 3 heterocycles. The SMILES string of the molecule is Cc1cc(C(C)(C)C)c2op(Oc3ccccc3P3[C@H](c4ccccc4C(=O)N[C@@H](C)c4ccccc4)N4C(=O)CCC(=O)N4[C@H]3c3ccccc3C(=O)N[C@@H](C)c3ccccc3)oc3c(C(C)(C)C)cc(C)c(C)c3c2c1C. The van der Waals surface area contributed by atoms with Crippen LogP contribution in [0.3, 0.4) is 0 Å². The van der Waals surface area contributed by atoms with Crippen molar-refractivity contribution in [3.8, 4) is 5.75 Å². The molecule has 2 aliphatic rings. The number of carbonyl (C=O) groups is 4. The number of amides is 4. The van der Waals surface area contributed by atoms with E-state index in [1.165, 1.54) is 0 Å². The van der Waals surface area contributed by atoms with Crippen molar-refractivity contribution in [3.05, 3.63) is 212 Å². The first-order valence-electron chi connectivity index (χ1n) is 27.2. The fourth-order valence-corrected chi connectivity index (χ4v) is 15.8. The van der Waals surface area contributed by atoms with Gasteiger partial charge in [-0.2, -0.15) is 0 Å². The Morgan fingerprint density at radius 1 is 0.557 bits per heavy atom. The van der Waals surface area contributed by atoms with Crippen LogP contribution >= 0.6 is 16.2 Å². The second-order valence-corrected chi connectivity index (χ2v) is 26.4. The van der Waals surface area contributed by atoms with Crippen molar-refractivity contribution in [1.29, 1.82) is 0 Å². The molecular formula is C66H70N4O7P2. The van der Waals surface area contributed by atoms with Crippen molar-refractivity contribution >= 4 is 67.0 Å². The van der Waals surface area contributed by atoms with Gasteiger partial charge >= 0.3 is 8.24 Å². The van der Waals surface area contributed by atoms with Gasteiger partial charge in [-0.1, -0.05) is 169 Å². The van der Waals surface area contributed by atoms with E-state index in [2.05, 4.69) is 92.0 Å². The molecule has 0 aliphatic carbocycles. The maximum Gasteiger partial charge on any atom is 0.453 e. The molecule has 13 heteroatoms. The highest BCUT2D eigenvalue weighted by Gasteiger charge is 2.57. The maximum absolute atomic E-state index is 15.0. The van der Waals surface area contributed by atoms with Crippen LogP contribution in [0.15, 0.2) is 154 Å². The number of hydrogen-bond acceptors (Lipinski definition) is 7. The van der Waals surface area contributed by atoms with Gasteiger partial charge in [0.2, 0.25) is 11.8 Å². The lowest BCUT2D eigenvalue weighted by atomic mass is 9.81. The monoisotopic (exact) mass is 1090 g/mol. The summed E-state index contributed by atoms with van der Waals surface area (Å²) in [6, 6.07) is 45.6. The summed E-state index contributed by atoms with van der Waals surface area (Å²) in [5, 5.41) is 12.2. The summed E-state index contributed by atoms with van der Waals surface area (Å²) in [6.07, 6.45) is -0.0718. The van der Waals surface area contributed by atoms with Crippen molar-refractivity contribution in [2.75, 3.05) is 0 Å². The van der Waals surface area contributed by atoms with E-state index >= 15 is 9.59 Å². The number of hydrogen-bond donors (Lipinski definition) is 2. The smallest absolute Gasteiger partial charge is 0.390 e. The molecular weight excluding hydrogens is 1020 g/mol. The second kappa shape index (κ2) is 21.6. The zero-order valence-electron chi connectivity index (χ0n) is 47.2. The molecule has 2 N–H and O–H groups in total. The van der Waals surface area contributed by atoms with E-state index in [0.717, 1.165) is 55.3 Å². The summed E-state index contributed by atoms with van der Waals surface area (Å²) in [6.45, 7) is 25.6. The molecule has 0 spiro atoms. The third-order valence-corrected chi connectivity index (χ3v) is 19.6. The molecule has 2 fully saturated rings. The van der Waals surface area contributed by atoms with Gasteiger partial charge in [-0.25, -0.2) is 10.0 Å². The molecule has 0 unspecified atom stereocenters. The molecule has 7 aromatic carbocycles. The summed E-state index contributed by atoms with van der Waals surface area (Å²) >= 11 is 0. The van der Waals surface area contributed by atoms with Crippen LogP contribution in [-0.4, -0.2) is 33.6 Å². The number of benzene rings is 7. The van der Waals surface area contributed by atoms with Gasteiger partial charge in [0.25, 0.3) is 11.8 Å². The van der Waals surface area contributed by atoms with E-state index in [-0.39, 0.29) is 59.4 Å². The molecule has 79 heavy (non-hydrogen) atoms. The first kappa shape index (κ1) is 54.9. The zero-order valence-corrected chi connectivity index (χ0v) is 49.0. The Bertz CT molecular complexity index is 3520. The number of fused-ring (bicyclic) bond motifs is 4. The number of nitrogens with one attached hydrogen (secondary N) is 2. The lowest BCUT2D eigenvalue weighted by Crippen LogP contribution is -2.50. The number of nitrogens with zero attached hydrogens (tertiary/aromatic N) is 2. The van der Waals surface area contributed by atoms with E-state index in [1.54, 1.807) is 22.2 Å². The van der Waals surface area contributed by atoms with Gasteiger partial charge in [0.15, 0.2) is 0 Å². The van der Waals surface area contributed by atoms with Crippen molar-refractivity contribution in [1.82, 2.24) is 20.7 Å².